The Morgan fingerprint density at radius 1 is 1.21 bits per heavy atom. The largest absolute Gasteiger partial charge is 0.488 e. The van der Waals surface area contributed by atoms with Crippen LogP contribution in [0, 0.1) is 0 Å². The van der Waals surface area contributed by atoms with E-state index >= 15 is 0 Å². The van der Waals surface area contributed by atoms with Gasteiger partial charge in [-0.15, -0.1) is 0 Å². The fraction of sp³-hybridized carbons (Fsp3) is 0.267. The minimum atomic E-state index is -0.129. The van der Waals surface area contributed by atoms with Crippen molar-refractivity contribution < 1.29 is 4.74 Å². The molecule has 0 bridgehead atoms. The predicted octanol–water partition coefficient (Wildman–Crippen LogP) is 3.34. The van der Waals surface area contributed by atoms with E-state index in [1.807, 2.05) is 37.3 Å². The molecule has 0 spiro atoms. The van der Waals surface area contributed by atoms with Crippen LogP contribution in [0.25, 0.3) is 0 Å². The third kappa shape index (κ3) is 3.38. The smallest absolute Gasteiger partial charge is 0.293 e. The van der Waals surface area contributed by atoms with E-state index in [1.165, 1.54) is 0 Å². The molecule has 3 nitrogen and oxygen atoms in total. The first-order valence-electron chi connectivity index (χ1n) is 6.28. The molecule has 2 rings (SSSR count). The Balaban J connectivity index is 2.26. The molecule has 0 fully saturated rings. The van der Waals surface area contributed by atoms with Gasteiger partial charge in [0.1, 0.15) is 0 Å². The topological polar surface area (TPSA) is 31.2 Å². The second-order valence-corrected chi connectivity index (χ2v) is 4.65. The summed E-state index contributed by atoms with van der Waals surface area (Å²) in [7, 11) is 0. The Bertz CT molecular complexity index is 607. The van der Waals surface area contributed by atoms with Crippen molar-refractivity contribution in [1.29, 1.82) is 0 Å². The second-order valence-electron chi connectivity index (χ2n) is 4.25. The molecule has 1 aromatic heterocycles. The fourth-order valence-corrected chi connectivity index (χ4v) is 1.97. The van der Waals surface area contributed by atoms with Gasteiger partial charge >= 0.3 is 0 Å². The lowest BCUT2D eigenvalue weighted by molar-refractivity contribution is 0.310. The zero-order valence-corrected chi connectivity index (χ0v) is 11.6. The molecule has 0 saturated heterocycles. The summed E-state index contributed by atoms with van der Waals surface area (Å²) >= 11 is 6.10. The summed E-state index contributed by atoms with van der Waals surface area (Å²) in [4.78, 5) is 12.2. The summed E-state index contributed by atoms with van der Waals surface area (Å²) in [6.45, 7) is 3.00. The van der Waals surface area contributed by atoms with Gasteiger partial charge in [-0.05, 0) is 30.2 Å². The predicted molar refractivity (Wildman–Crippen MR) is 77.0 cm³/mol. The molecule has 0 radical (unpaired) electrons. The summed E-state index contributed by atoms with van der Waals surface area (Å²) < 4.78 is 7.03. The summed E-state index contributed by atoms with van der Waals surface area (Å²) in [6, 6.07) is 11.0. The highest BCUT2D eigenvalue weighted by Gasteiger charge is 2.06. The molecule has 0 atom stereocenters. The van der Waals surface area contributed by atoms with E-state index in [-0.39, 0.29) is 5.56 Å². The van der Waals surface area contributed by atoms with Gasteiger partial charge in [0.2, 0.25) is 0 Å². The third-order valence-electron chi connectivity index (χ3n) is 2.75. The molecule has 0 aliphatic carbocycles. The van der Waals surface area contributed by atoms with Crippen LogP contribution in [-0.2, 0) is 6.54 Å². The van der Waals surface area contributed by atoms with Crippen LogP contribution in [0.2, 0.25) is 5.02 Å². The molecule has 1 heterocycles. The SMILES string of the molecule is CCCOc1cccn(Cc2ccccc2Cl)c1=O. The van der Waals surface area contributed by atoms with Gasteiger partial charge in [0, 0.05) is 11.2 Å². The van der Waals surface area contributed by atoms with Crippen LogP contribution in [0.5, 0.6) is 5.75 Å². The van der Waals surface area contributed by atoms with Crippen LogP contribution in [0.15, 0.2) is 47.4 Å². The molecule has 0 amide bonds. The van der Waals surface area contributed by atoms with E-state index < -0.39 is 0 Å². The lowest BCUT2D eigenvalue weighted by atomic mass is 10.2. The summed E-state index contributed by atoms with van der Waals surface area (Å²) in [5.41, 5.74) is 0.787. The normalized spacial score (nSPS) is 10.4. The summed E-state index contributed by atoms with van der Waals surface area (Å²) in [6.07, 6.45) is 2.61. The Kier molecular flexibility index (Phi) is 4.63. The van der Waals surface area contributed by atoms with Crippen molar-refractivity contribution in [2.24, 2.45) is 0 Å². The van der Waals surface area contributed by atoms with Crippen LogP contribution in [-0.4, -0.2) is 11.2 Å². The number of halogens is 1. The molecular weight excluding hydrogens is 262 g/mol. The van der Waals surface area contributed by atoms with Crippen molar-refractivity contribution in [3.63, 3.8) is 0 Å². The van der Waals surface area contributed by atoms with Crippen molar-refractivity contribution in [1.82, 2.24) is 4.57 Å². The molecular formula is C15H16ClNO2. The first-order valence-corrected chi connectivity index (χ1v) is 6.66. The lowest BCUT2D eigenvalue weighted by Crippen LogP contribution is -2.22. The molecule has 4 heteroatoms. The van der Waals surface area contributed by atoms with Crippen molar-refractivity contribution in [2.45, 2.75) is 19.9 Å². The average molecular weight is 278 g/mol. The van der Waals surface area contributed by atoms with E-state index in [9.17, 15) is 4.79 Å². The second kappa shape index (κ2) is 6.43. The van der Waals surface area contributed by atoms with Crippen LogP contribution in [0.1, 0.15) is 18.9 Å². The van der Waals surface area contributed by atoms with Gasteiger partial charge in [-0.2, -0.15) is 0 Å². The highest BCUT2D eigenvalue weighted by Crippen LogP contribution is 2.16. The van der Waals surface area contributed by atoms with Crippen LogP contribution in [0.4, 0.5) is 0 Å². The first kappa shape index (κ1) is 13.7. The molecule has 0 unspecified atom stereocenters. The maximum Gasteiger partial charge on any atom is 0.293 e. The van der Waals surface area contributed by atoms with Gasteiger partial charge in [0.15, 0.2) is 5.75 Å². The van der Waals surface area contributed by atoms with Crippen LogP contribution in [0.3, 0.4) is 0 Å². The number of nitrogens with zero attached hydrogens (tertiary/aromatic N) is 1. The molecule has 19 heavy (non-hydrogen) atoms. The van der Waals surface area contributed by atoms with Gasteiger partial charge in [-0.25, -0.2) is 0 Å². The Morgan fingerprint density at radius 3 is 2.74 bits per heavy atom. The number of benzene rings is 1. The van der Waals surface area contributed by atoms with Crippen molar-refractivity contribution in [3.05, 3.63) is 63.5 Å². The fourth-order valence-electron chi connectivity index (χ4n) is 1.77. The number of hydrogen-bond acceptors (Lipinski definition) is 2. The molecule has 0 saturated carbocycles. The minimum Gasteiger partial charge on any atom is -0.488 e. The van der Waals surface area contributed by atoms with Crippen molar-refractivity contribution in [2.75, 3.05) is 6.61 Å². The van der Waals surface area contributed by atoms with Crippen LogP contribution < -0.4 is 10.3 Å². The van der Waals surface area contributed by atoms with Gasteiger partial charge < -0.3 is 9.30 Å². The van der Waals surface area contributed by atoms with Crippen molar-refractivity contribution >= 4 is 11.6 Å². The molecule has 1 aromatic carbocycles. The Labute approximate surface area is 117 Å². The standard InChI is InChI=1S/C15H16ClNO2/c1-2-10-19-14-8-5-9-17(15(14)18)11-12-6-3-4-7-13(12)16/h3-9H,2,10-11H2,1H3. The quantitative estimate of drug-likeness (QED) is 0.839. The number of ether oxygens (including phenoxy) is 1. The third-order valence-corrected chi connectivity index (χ3v) is 3.11. The Morgan fingerprint density at radius 2 is 2.00 bits per heavy atom. The summed E-state index contributed by atoms with van der Waals surface area (Å²) in [5, 5.41) is 0.661. The van der Waals surface area contributed by atoms with E-state index in [0.717, 1.165) is 12.0 Å². The van der Waals surface area contributed by atoms with E-state index in [1.54, 1.807) is 16.8 Å². The van der Waals surface area contributed by atoms with E-state index in [2.05, 4.69) is 0 Å². The lowest BCUT2D eigenvalue weighted by Gasteiger charge is -2.10. The van der Waals surface area contributed by atoms with Crippen molar-refractivity contribution in [3.8, 4) is 5.75 Å². The maximum absolute atomic E-state index is 12.2. The number of aromatic nitrogens is 1. The van der Waals surface area contributed by atoms with Gasteiger partial charge in [0.05, 0.1) is 13.2 Å². The van der Waals surface area contributed by atoms with Gasteiger partial charge in [0.25, 0.3) is 5.56 Å². The average Bonchev–Trinajstić information content (AvgIpc) is 2.42. The monoisotopic (exact) mass is 277 g/mol. The zero-order valence-electron chi connectivity index (χ0n) is 10.8. The highest BCUT2D eigenvalue weighted by atomic mass is 35.5. The molecule has 100 valence electrons. The minimum absolute atomic E-state index is 0.129. The highest BCUT2D eigenvalue weighted by molar-refractivity contribution is 6.31. The number of hydrogen-bond donors (Lipinski definition) is 0. The maximum atomic E-state index is 12.2. The molecule has 2 aromatic rings. The first-order chi connectivity index (χ1) is 9.22. The molecule has 0 aliphatic rings. The van der Waals surface area contributed by atoms with E-state index in [0.29, 0.717) is 23.9 Å². The summed E-state index contributed by atoms with van der Waals surface area (Å²) in [5.74, 6) is 0.386. The Hall–Kier alpha value is -1.74. The molecule has 0 aliphatic heterocycles. The number of rotatable bonds is 5. The van der Waals surface area contributed by atoms with Gasteiger partial charge in [-0.1, -0.05) is 36.7 Å². The molecule has 0 N–H and O–H groups in total. The number of pyridine rings is 1. The van der Waals surface area contributed by atoms with E-state index in [4.69, 9.17) is 16.3 Å². The zero-order chi connectivity index (χ0) is 13.7. The van der Waals surface area contributed by atoms with Crippen LogP contribution >= 0.6 is 11.6 Å². The van der Waals surface area contributed by atoms with Gasteiger partial charge in [-0.3, -0.25) is 4.79 Å².